The number of aromatic nitrogens is 2. The number of H-pyrrole nitrogens is 1. The highest BCUT2D eigenvalue weighted by Gasteiger charge is 2.18. The Bertz CT molecular complexity index is 570. The molecule has 2 heterocycles. The molecule has 2 N–H and O–H groups in total. The van der Waals surface area contributed by atoms with Crippen LogP contribution in [0.15, 0.2) is 9.95 Å². The Morgan fingerprint density at radius 3 is 2.82 bits per heavy atom. The molecule has 0 aliphatic carbocycles. The largest absolute Gasteiger partial charge is 0.493 e. The molecule has 0 radical (unpaired) electrons. The van der Waals surface area contributed by atoms with Gasteiger partial charge in [0.2, 0.25) is 11.8 Å². The van der Waals surface area contributed by atoms with E-state index in [0.717, 1.165) is 24.6 Å². The van der Waals surface area contributed by atoms with Gasteiger partial charge in [0.15, 0.2) is 5.16 Å². The number of thioether (sulfide) groups is 1. The van der Waals surface area contributed by atoms with Crippen molar-refractivity contribution in [1.29, 1.82) is 0 Å². The first-order valence-electron chi connectivity index (χ1n) is 7.42. The van der Waals surface area contributed by atoms with Gasteiger partial charge in [-0.1, -0.05) is 25.1 Å². The summed E-state index contributed by atoms with van der Waals surface area (Å²) >= 11 is 1.12. The Morgan fingerprint density at radius 1 is 1.45 bits per heavy atom. The van der Waals surface area contributed by atoms with Gasteiger partial charge < -0.3 is 19.7 Å². The van der Waals surface area contributed by atoms with Gasteiger partial charge in [-0.05, 0) is 12.8 Å². The number of aromatic hydroxyl groups is 1. The number of hydrogen-bond acceptors (Lipinski definition) is 6. The van der Waals surface area contributed by atoms with E-state index in [2.05, 4.69) is 9.97 Å². The summed E-state index contributed by atoms with van der Waals surface area (Å²) in [4.78, 5) is 32.3. The Hall–Kier alpha value is -1.54. The lowest BCUT2D eigenvalue weighted by Gasteiger charge is -2.26. The van der Waals surface area contributed by atoms with Crippen molar-refractivity contribution in [1.82, 2.24) is 14.9 Å². The molecule has 1 fully saturated rings. The van der Waals surface area contributed by atoms with Crippen LogP contribution in [0.5, 0.6) is 5.88 Å². The minimum Gasteiger partial charge on any atom is -0.493 e. The van der Waals surface area contributed by atoms with Gasteiger partial charge in [0.1, 0.15) is 0 Å². The van der Waals surface area contributed by atoms with E-state index in [1.165, 1.54) is 0 Å². The monoisotopic (exact) mass is 327 g/mol. The molecule has 0 spiro atoms. The zero-order chi connectivity index (χ0) is 15.9. The Kier molecular flexibility index (Phi) is 6.26. The number of carbonyl (C=O) groups is 1. The van der Waals surface area contributed by atoms with Crippen LogP contribution in [-0.4, -0.2) is 57.9 Å². The van der Waals surface area contributed by atoms with E-state index in [1.807, 2.05) is 6.92 Å². The third-order valence-electron chi connectivity index (χ3n) is 3.45. The topological polar surface area (TPSA) is 95.5 Å². The maximum absolute atomic E-state index is 12.0. The normalized spacial score (nSPS) is 15.0. The van der Waals surface area contributed by atoms with E-state index in [1.54, 1.807) is 4.90 Å². The molecule has 0 aromatic carbocycles. The summed E-state index contributed by atoms with van der Waals surface area (Å²) in [6.45, 7) is 4.30. The van der Waals surface area contributed by atoms with Crippen LogP contribution in [0.1, 0.15) is 25.3 Å². The van der Waals surface area contributed by atoms with Crippen molar-refractivity contribution in [3.8, 4) is 5.88 Å². The first kappa shape index (κ1) is 16.8. The van der Waals surface area contributed by atoms with Crippen molar-refractivity contribution in [2.45, 2.75) is 31.3 Å². The van der Waals surface area contributed by atoms with E-state index in [9.17, 15) is 14.7 Å². The summed E-state index contributed by atoms with van der Waals surface area (Å²) in [7, 11) is 0. The summed E-state index contributed by atoms with van der Waals surface area (Å²) < 4.78 is 5.20. The minimum absolute atomic E-state index is 0.0227. The van der Waals surface area contributed by atoms with Crippen LogP contribution in [0.2, 0.25) is 0 Å². The zero-order valence-corrected chi connectivity index (χ0v) is 13.4. The van der Waals surface area contributed by atoms with Gasteiger partial charge in [0, 0.05) is 13.1 Å². The molecule has 1 saturated heterocycles. The fourth-order valence-corrected chi connectivity index (χ4v) is 2.91. The van der Waals surface area contributed by atoms with Crippen molar-refractivity contribution in [2.24, 2.45) is 0 Å². The number of amides is 1. The summed E-state index contributed by atoms with van der Waals surface area (Å²) in [5, 5.41) is 10.1. The highest BCUT2D eigenvalue weighted by Crippen LogP contribution is 2.18. The molecule has 7 nitrogen and oxygen atoms in total. The van der Waals surface area contributed by atoms with Gasteiger partial charge in [0.25, 0.3) is 5.56 Å². The number of unbranched alkanes of at least 4 members (excludes halogenated alkanes) is 1. The molecule has 1 amide bonds. The highest BCUT2D eigenvalue weighted by atomic mass is 32.2. The van der Waals surface area contributed by atoms with Crippen molar-refractivity contribution >= 4 is 17.7 Å². The van der Waals surface area contributed by atoms with Crippen molar-refractivity contribution < 1.29 is 14.6 Å². The quantitative estimate of drug-likeness (QED) is 0.592. The van der Waals surface area contributed by atoms with Crippen LogP contribution < -0.4 is 5.56 Å². The third kappa shape index (κ3) is 4.48. The van der Waals surface area contributed by atoms with E-state index in [-0.39, 0.29) is 28.3 Å². The van der Waals surface area contributed by atoms with Crippen LogP contribution in [0.4, 0.5) is 0 Å². The Morgan fingerprint density at radius 2 is 2.18 bits per heavy atom. The van der Waals surface area contributed by atoms with Gasteiger partial charge in [-0.2, -0.15) is 4.98 Å². The molecule has 0 bridgehead atoms. The predicted octanol–water partition coefficient (Wildman–Crippen LogP) is 0.769. The molecule has 1 aliphatic heterocycles. The molecule has 22 heavy (non-hydrogen) atoms. The second-order valence-corrected chi connectivity index (χ2v) is 6.02. The number of carbonyl (C=O) groups excluding carboxylic acids is 1. The lowest BCUT2D eigenvalue weighted by molar-refractivity contribution is -0.132. The first-order chi connectivity index (χ1) is 10.6. The lowest BCUT2D eigenvalue weighted by atomic mass is 10.1. The summed E-state index contributed by atoms with van der Waals surface area (Å²) in [5.41, 5.74) is -0.0204. The van der Waals surface area contributed by atoms with Crippen LogP contribution >= 0.6 is 11.8 Å². The first-order valence-corrected chi connectivity index (χ1v) is 8.41. The molecular formula is C14H21N3O4S. The molecule has 8 heteroatoms. The molecular weight excluding hydrogens is 306 g/mol. The molecule has 1 aromatic rings. The number of hydrogen-bond donors (Lipinski definition) is 2. The Balaban J connectivity index is 1.95. The van der Waals surface area contributed by atoms with Crippen molar-refractivity contribution in [2.75, 3.05) is 32.1 Å². The lowest BCUT2D eigenvalue weighted by Crippen LogP contribution is -2.41. The molecule has 1 aliphatic rings. The number of aromatic amines is 1. The number of morpholine rings is 1. The van der Waals surface area contributed by atoms with Crippen LogP contribution in [0, 0.1) is 0 Å². The summed E-state index contributed by atoms with van der Waals surface area (Å²) in [6.07, 6.45) is 2.26. The molecule has 2 rings (SSSR count). The maximum Gasteiger partial charge on any atom is 0.258 e. The van der Waals surface area contributed by atoms with E-state index in [0.29, 0.717) is 38.3 Å². The maximum atomic E-state index is 12.0. The van der Waals surface area contributed by atoms with E-state index in [4.69, 9.17) is 4.74 Å². The molecule has 0 unspecified atom stereocenters. The molecule has 122 valence electrons. The van der Waals surface area contributed by atoms with Crippen LogP contribution in [0.3, 0.4) is 0 Å². The highest BCUT2D eigenvalue weighted by molar-refractivity contribution is 7.99. The zero-order valence-electron chi connectivity index (χ0n) is 12.6. The summed E-state index contributed by atoms with van der Waals surface area (Å²) in [5.74, 6) is -0.0829. The number of nitrogens with one attached hydrogen (secondary N) is 1. The van der Waals surface area contributed by atoms with Gasteiger partial charge in [-0.15, -0.1) is 0 Å². The number of nitrogens with zero attached hydrogens (tertiary/aromatic N) is 2. The van der Waals surface area contributed by atoms with Gasteiger partial charge in [0.05, 0.1) is 24.5 Å². The number of rotatable bonds is 6. The summed E-state index contributed by atoms with van der Waals surface area (Å²) in [6, 6.07) is 0. The van der Waals surface area contributed by atoms with Gasteiger partial charge in [-0.25, -0.2) is 0 Å². The Labute approximate surface area is 133 Å². The van der Waals surface area contributed by atoms with Crippen molar-refractivity contribution in [3.05, 3.63) is 15.9 Å². The molecule has 1 aromatic heterocycles. The fraction of sp³-hybridized carbons (Fsp3) is 0.643. The second kappa shape index (κ2) is 8.19. The standard InChI is InChI=1S/C14H21N3O4S/c1-2-3-4-10-12(19)15-14(16-13(10)20)22-9-11(18)17-5-7-21-8-6-17/h2-9H2,1H3,(H2,15,16,19,20). The average Bonchev–Trinajstić information content (AvgIpc) is 2.52. The SMILES string of the molecule is CCCCc1c(O)nc(SCC(=O)N2CCOCC2)[nH]c1=O. The molecule has 0 atom stereocenters. The minimum atomic E-state index is -0.331. The van der Waals surface area contributed by atoms with Crippen LogP contribution in [-0.2, 0) is 16.0 Å². The van der Waals surface area contributed by atoms with Gasteiger partial charge >= 0.3 is 0 Å². The van der Waals surface area contributed by atoms with Crippen LogP contribution in [0.25, 0.3) is 0 Å². The third-order valence-corrected chi connectivity index (χ3v) is 4.31. The number of ether oxygens (including phenoxy) is 1. The second-order valence-electron chi connectivity index (χ2n) is 5.06. The smallest absolute Gasteiger partial charge is 0.258 e. The predicted molar refractivity (Wildman–Crippen MR) is 83.3 cm³/mol. The average molecular weight is 327 g/mol. The fourth-order valence-electron chi connectivity index (χ4n) is 2.15. The van der Waals surface area contributed by atoms with Gasteiger partial charge in [-0.3, -0.25) is 9.59 Å². The van der Waals surface area contributed by atoms with E-state index >= 15 is 0 Å². The molecule has 0 saturated carbocycles. The van der Waals surface area contributed by atoms with E-state index < -0.39 is 0 Å². The van der Waals surface area contributed by atoms with Crippen molar-refractivity contribution in [3.63, 3.8) is 0 Å².